The molecule has 0 bridgehead atoms. The fraction of sp³-hybridized carbons (Fsp3) is 0.400. The van der Waals surface area contributed by atoms with Gasteiger partial charge in [0.2, 0.25) is 0 Å². The number of carboxylic acid groups (broad SMARTS) is 1. The second-order valence-electron chi connectivity index (χ2n) is 8.24. The van der Waals surface area contributed by atoms with Crippen molar-refractivity contribution >= 4 is 16.9 Å². The Morgan fingerprint density at radius 3 is 2.62 bits per heavy atom. The van der Waals surface area contributed by atoms with E-state index in [1.807, 2.05) is 6.92 Å². The highest BCUT2D eigenvalue weighted by Gasteiger charge is 2.28. The Kier molecular flexibility index (Phi) is 5.72. The maximum absolute atomic E-state index is 11.6. The quantitative estimate of drug-likeness (QED) is 0.599. The number of aromatic nitrogens is 1. The highest BCUT2D eigenvalue weighted by molar-refractivity contribution is 5.86. The van der Waals surface area contributed by atoms with Crippen LogP contribution >= 0.6 is 0 Å². The minimum Gasteiger partial charge on any atom is -0.481 e. The average molecular weight is 391 g/mol. The van der Waals surface area contributed by atoms with Gasteiger partial charge in [-0.3, -0.25) is 4.79 Å². The lowest BCUT2D eigenvalue weighted by Gasteiger charge is -2.28. The summed E-state index contributed by atoms with van der Waals surface area (Å²) in [6, 6.07) is 19.8. The number of carboxylic acids is 1. The smallest absolute Gasteiger partial charge is 0.308 e. The third-order valence-electron chi connectivity index (χ3n) is 6.40. The van der Waals surface area contributed by atoms with Crippen molar-refractivity contribution in [1.29, 1.82) is 0 Å². The molecule has 4 heteroatoms. The summed E-state index contributed by atoms with van der Waals surface area (Å²) in [4.78, 5) is 11.6. The van der Waals surface area contributed by atoms with Crippen molar-refractivity contribution in [1.82, 2.24) is 9.88 Å². The molecule has 0 aliphatic heterocycles. The van der Waals surface area contributed by atoms with Crippen molar-refractivity contribution in [2.45, 2.75) is 58.2 Å². The average Bonchev–Trinajstić information content (AvgIpc) is 3.05. The molecule has 3 atom stereocenters. The first kappa shape index (κ1) is 19.7. The zero-order valence-corrected chi connectivity index (χ0v) is 17.3. The first-order valence-electron chi connectivity index (χ1n) is 10.7. The normalized spacial score (nSPS) is 18.3. The van der Waals surface area contributed by atoms with E-state index in [9.17, 15) is 9.90 Å². The number of nitrogens with one attached hydrogen (secondary N) is 1. The van der Waals surface area contributed by atoms with Crippen LogP contribution in [-0.4, -0.2) is 21.7 Å². The number of nitrogens with zero attached hydrogens (tertiary/aromatic N) is 1. The maximum Gasteiger partial charge on any atom is 0.308 e. The van der Waals surface area contributed by atoms with Crippen LogP contribution in [0.2, 0.25) is 0 Å². The first-order valence-corrected chi connectivity index (χ1v) is 10.7. The number of hydrogen-bond acceptors (Lipinski definition) is 2. The van der Waals surface area contributed by atoms with Gasteiger partial charge in [-0.05, 0) is 49.8 Å². The Morgan fingerprint density at radius 1 is 1.17 bits per heavy atom. The fourth-order valence-corrected chi connectivity index (χ4v) is 4.75. The summed E-state index contributed by atoms with van der Waals surface area (Å²) in [5.41, 5.74) is 5.21. The minimum absolute atomic E-state index is 0.313. The van der Waals surface area contributed by atoms with E-state index in [1.54, 1.807) is 0 Å². The van der Waals surface area contributed by atoms with Gasteiger partial charge < -0.3 is 15.0 Å². The summed E-state index contributed by atoms with van der Waals surface area (Å²) in [5, 5.41) is 14.7. The Morgan fingerprint density at radius 2 is 1.90 bits per heavy atom. The third kappa shape index (κ3) is 3.95. The molecular formula is C25H30N2O2. The molecule has 1 heterocycles. The molecule has 4 nitrogen and oxygen atoms in total. The molecular weight excluding hydrogens is 360 g/mol. The summed E-state index contributed by atoms with van der Waals surface area (Å²) >= 11 is 0. The van der Waals surface area contributed by atoms with Crippen LogP contribution in [0, 0.1) is 5.92 Å². The number of para-hydroxylation sites is 1. The van der Waals surface area contributed by atoms with E-state index in [-0.39, 0.29) is 5.92 Å². The highest BCUT2D eigenvalue weighted by Crippen LogP contribution is 2.34. The van der Waals surface area contributed by atoms with Crippen LogP contribution in [0.5, 0.6) is 0 Å². The molecule has 4 rings (SSSR count). The number of aliphatic carboxylic acids is 1. The second kappa shape index (κ2) is 8.42. The molecule has 1 aliphatic carbocycles. The molecule has 3 unspecified atom stereocenters. The summed E-state index contributed by atoms with van der Waals surface area (Å²) in [5.74, 6) is -1.05. The van der Waals surface area contributed by atoms with Gasteiger partial charge in [0.1, 0.15) is 0 Å². The molecule has 0 saturated heterocycles. The lowest BCUT2D eigenvalue weighted by Crippen LogP contribution is -2.36. The van der Waals surface area contributed by atoms with Gasteiger partial charge in [0, 0.05) is 35.2 Å². The van der Waals surface area contributed by atoms with Gasteiger partial charge in [0.25, 0.3) is 0 Å². The second-order valence-corrected chi connectivity index (χ2v) is 8.24. The van der Waals surface area contributed by atoms with E-state index in [0.717, 1.165) is 19.3 Å². The largest absolute Gasteiger partial charge is 0.481 e. The molecule has 0 amide bonds. The number of rotatable bonds is 7. The standard InChI is InChI=1S/C25H30N2O2/c1-3-18(25(28)29)16-27-23-12-8-7-11-21(23)22-15-20(13-14-24(22)27)26-17(2)19-9-5-4-6-10-19/h4-12,17-18,20,26H,3,13-16H2,1-2H3,(H,28,29). The third-order valence-corrected chi connectivity index (χ3v) is 6.40. The Balaban J connectivity index is 1.61. The predicted molar refractivity (Wildman–Crippen MR) is 117 cm³/mol. The van der Waals surface area contributed by atoms with E-state index in [4.69, 9.17) is 0 Å². The predicted octanol–water partition coefficient (Wildman–Crippen LogP) is 4.96. The Labute approximate surface area is 172 Å². The Hall–Kier alpha value is -2.59. The SMILES string of the molecule is CCC(Cn1c2c(c3ccccc31)CC(NC(C)c1ccccc1)CC2)C(=O)O. The monoisotopic (exact) mass is 390 g/mol. The van der Waals surface area contributed by atoms with Crippen LogP contribution in [0.1, 0.15) is 49.6 Å². The van der Waals surface area contributed by atoms with Crippen LogP contribution in [0.25, 0.3) is 10.9 Å². The molecule has 1 aliphatic rings. The van der Waals surface area contributed by atoms with Crippen molar-refractivity contribution in [3.05, 3.63) is 71.4 Å². The van der Waals surface area contributed by atoms with Crippen LogP contribution in [-0.2, 0) is 24.2 Å². The number of hydrogen-bond donors (Lipinski definition) is 2. The van der Waals surface area contributed by atoms with Crippen LogP contribution in [0.4, 0.5) is 0 Å². The molecule has 3 aromatic rings. The molecule has 0 spiro atoms. The molecule has 0 radical (unpaired) electrons. The zero-order chi connectivity index (χ0) is 20.4. The minimum atomic E-state index is -0.703. The topological polar surface area (TPSA) is 54.3 Å². The highest BCUT2D eigenvalue weighted by atomic mass is 16.4. The van der Waals surface area contributed by atoms with Gasteiger partial charge in [0.05, 0.1) is 5.92 Å². The van der Waals surface area contributed by atoms with Gasteiger partial charge in [-0.25, -0.2) is 0 Å². The molecule has 152 valence electrons. The number of carbonyl (C=O) groups is 1. The van der Waals surface area contributed by atoms with Gasteiger partial charge in [-0.1, -0.05) is 55.5 Å². The molecule has 1 aromatic heterocycles. The lowest BCUT2D eigenvalue weighted by molar-refractivity contribution is -0.142. The summed E-state index contributed by atoms with van der Waals surface area (Å²) in [6.07, 6.45) is 3.70. The molecule has 0 fully saturated rings. The summed E-state index contributed by atoms with van der Waals surface area (Å²) in [7, 11) is 0. The molecule has 29 heavy (non-hydrogen) atoms. The zero-order valence-electron chi connectivity index (χ0n) is 17.3. The Bertz CT molecular complexity index is 993. The molecule has 2 N–H and O–H groups in total. The van der Waals surface area contributed by atoms with Gasteiger partial charge in [-0.15, -0.1) is 0 Å². The van der Waals surface area contributed by atoms with Crippen LogP contribution < -0.4 is 5.32 Å². The van der Waals surface area contributed by atoms with Crippen molar-refractivity contribution < 1.29 is 9.90 Å². The van der Waals surface area contributed by atoms with Crippen molar-refractivity contribution in [2.75, 3.05) is 0 Å². The maximum atomic E-state index is 11.6. The summed E-state index contributed by atoms with van der Waals surface area (Å²) in [6.45, 7) is 4.74. The van der Waals surface area contributed by atoms with Crippen LogP contribution in [0.15, 0.2) is 54.6 Å². The number of fused-ring (bicyclic) bond motifs is 3. The van der Waals surface area contributed by atoms with E-state index in [0.29, 0.717) is 25.0 Å². The van der Waals surface area contributed by atoms with Crippen molar-refractivity contribution in [2.24, 2.45) is 5.92 Å². The van der Waals surface area contributed by atoms with Gasteiger partial charge in [0.15, 0.2) is 0 Å². The van der Waals surface area contributed by atoms with Crippen molar-refractivity contribution in [3.8, 4) is 0 Å². The number of benzene rings is 2. The van der Waals surface area contributed by atoms with Gasteiger partial charge >= 0.3 is 5.97 Å². The molecule has 0 saturated carbocycles. The van der Waals surface area contributed by atoms with E-state index in [1.165, 1.54) is 27.7 Å². The van der Waals surface area contributed by atoms with Crippen molar-refractivity contribution in [3.63, 3.8) is 0 Å². The fourth-order valence-electron chi connectivity index (χ4n) is 4.75. The summed E-state index contributed by atoms with van der Waals surface area (Å²) < 4.78 is 2.28. The molecule has 2 aromatic carbocycles. The van der Waals surface area contributed by atoms with E-state index in [2.05, 4.69) is 71.4 Å². The van der Waals surface area contributed by atoms with E-state index >= 15 is 0 Å². The van der Waals surface area contributed by atoms with E-state index < -0.39 is 5.97 Å². The van der Waals surface area contributed by atoms with Gasteiger partial charge in [-0.2, -0.15) is 0 Å². The van der Waals surface area contributed by atoms with Crippen LogP contribution in [0.3, 0.4) is 0 Å². The lowest BCUT2D eigenvalue weighted by atomic mass is 9.90. The first-order chi connectivity index (χ1) is 14.1.